The third kappa shape index (κ3) is 3.38. The van der Waals surface area contributed by atoms with Gasteiger partial charge in [-0.25, -0.2) is 9.37 Å². The molecule has 140 valence electrons. The number of carbonyl (C=O) groups is 2. The lowest BCUT2D eigenvalue weighted by Crippen LogP contribution is -2.58. The Balaban J connectivity index is 1.63. The average molecular weight is 386 g/mol. The molecule has 0 saturated carbocycles. The molecule has 1 fully saturated rings. The van der Waals surface area contributed by atoms with E-state index in [4.69, 9.17) is 0 Å². The lowest BCUT2D eigenvalue weighted by atomic mass is 10.1. The molecule has 3 aromatic rings. The highest BCUT2D eigenvalue weighted by molar-refractivity contribution is 7.23. The lowest BCUT2D eigenvalue weighted by molar-refractivity contribution is -0.139. The quantitative estimate of drug-likeness (QED) is 0.736. The number of likely N-dealkylation sites (N-methyl/N-ethyl adjacent to an activating group) is 1. The molecule has 0 radical (unpaired) electrons. The van der Waals surface area contributed by atoms with Crippen molar-refractivity contribution >= 4 is 49.3 Å². The number of nitrogens with zero attached hydrogens (tertiary/aromatic N) is 3. The summed E-state index contributed by atoms with van der Waals surface area (Å²) in [5.41, 5.74) is 0.749. The number of benzene rings is 2. The van der Waals surface area contributed by atoms with E-state index in [-0.39, 0.29) is 17.6 Å². The van der Waals surface area contributed by atoms with Gasteiger partial charge in [0.2, 0.25) is 11.8 Å². The average Bonchev–Trinajstić information content (AvgIpc) is 3.03. The molecule has 1 aromatic heterocycles. The summed E-state index contributed by atoms with van der Waals surface area (Å²) >= 11 is 1.35. The van der Waals surface area contributed by atoms with E-state index in [2.05, 4.69) is 10.3 Å². The maximum atomic E-state index is 13.4. The molecular weight excluding hydrogens is 367 g/mol. The van der Waals surface area contributed by atoms with Crippen LogP contribution in [0.4, 0.5) is 9.52 Å². The van der Waals surface area contributed by atoms with Gasteiger partial charge in [-0.1, -0.05) is 17.4 Å². The summed E-state index contributed by atoms with van der Waals surface area (Å²) in [6.07, 6.45) is 0. The standard InChI is InChI=1S/C19H19FN4O2S/c1-11(25)24-8-7-23(2)10-16(24)18(26)22-19-21-15-6-3-12-9-13(20)4-5-14(12)17(15)27-19/h3-6,9,16H,7-8,10H2,1-2H3,(H,21,22,26). The molecule has 1 unspecified atom stereocenters. The largest absolute Gasteiger partial charge is 0.328 e. The van der Waals surface area contributed by atoms with Gasteiger partial charge in [0.15, 0.2) is 5.13 Å². The van der Waals surface area contributed by atoms with E-state index >= 15 is 0 Å². The molecular formula is C19H19FN4O2S. The summed E-state index contributed by atoms with van der Waals surface area (Å²) in [5.74, 6) is -0.641. The molecule has 1 atom stereocenters. The Morgan fingerprint density at radius 2 is 2.07 bits per heavy atom. The predicted octanol–water partition coefficient (Wildman–Crippen LogP) is 2.69. The van der Waals surface area contributed by atoms with E-state index in [0.29, 0.717) is 18.2 Å². The molecule has 2 amide bonds. The molecule has 4 rings (SSSR count). The first-order valence-electron chi connectivity index (χ1n) is 8.68. The molecule has 8 heteroatoms. The van der Waals surface area contributed by atoms with Crippen LogP contribution in [0.3, 0.4) is 0 Å². The van der Waals surface area contributed by atoms with Crippen molar-refractivity contribution < 1.29 is 14.0 Å². The fourth-order valence-corrected chi connectivity index (χ4v) is 4.45. The molecule has 27 heavy (non-hydrogen) atoms. The SMILES string of the molecule is CC(=O)N1CCN(C)CC1C(=O)Nc1nc2ccc3cc(F)ccc3c2s1. The minimum absolute atomic E-state index is 0.111. The molecule has 1 N–H and O–H groups in total. The van der Waals surface area contributed by atoms with Gasteiger partial charge in [0.1, 0.15) is 11.9 Å². The van der Waals surface area contributed by atoms with Crippen LogP contribution < -0.4 is 5.32 Å². The Bertz CT molecular complexity index is 1050. The van der Waals surface area contributed by atoms with E-state index in [9.17, 15) is 14.0 Å². The third-order valence-electron chi connectivity index (χ3n) is 4.85. The first-order valence-corrected chi connectivity index (χ1v) is 9.49. The van der Waals surface area contributed by atoms with Crippen LogP contribution in [-0.2, 0) is 9.59 Å². The van der Waals surface area contributed by atoms with Gasteiger partial charge in [-0.05, 0) is 36.7 Å². The van der Waals surface area contributed by atoms with E-state index in [1.54, 1.807) is 11.0 Å². The summed E-state index contributed by atoms with van der Waals surface area (Å²) in [5, 5.41) is 5.02. The summed E-state index contributed by atoms with van der Waals surface area (Å²) in [6, 6.07) is 7.72. The van der Waals surface area contributed by atoms with Crippen LogP contribution in [0.1, 0.15) is 6.92 Å². The van der Waals surface area contributed by atoms with Crippen LogP contribution in [0.2, 0.25) is 0 Å². The van der Waals surface area contributed by atoms with Crippen LogP contribution in [0.25, 0.3) is 21.0 Å². The molecule has 2 heterocycles. The Morgan fingerprint density at radius 1 is 1.26 bits per heavy atom. The van der Waals surface area contributed by atoms with Crippen LogP contribution >= 0.6 is 11.3 Å². The first kappa shape index (κ1) is 17.8. The van der Waals surface area contributed by atoms with Crippen molar-refractivity contribution in [3.05, 3.63) is 36.1 Å². The van der Waals surface area contributed by atoms with E-state index < -0.39 is 6.04 Å². The van der Waals surface area contributed by atoms with Gasteiger partial charge in [0, 0.05) is 31.9 Å². The van der Waals surface area contributed by atoms with Crippen molar-refractivity contribution in [1.29, 1.82) is 0 Å². The molecule has 6 nitrogen and oxygen atoms in total. The monoisotopic (exact) mass is 386 g/mol. The van der Waals surface area contributed by atoms with Crippen molar-refractivity contribution in [1.82, 2.24) is 14.8 Å². The molecule has 0 aliphatic carbocycles. The Labute approximate surface area is 159 Å². The van der Waals surface area contributed by atoms with E-state index in [1.807, 2.05) is 24.1 Å². The maximum absolute atomic E-state index is 13.4. The van der Waals surface area contributed by atoms with Crippen molar-refractivity contribution in [2.24, 2.45) is 0 Å². The normalized spacial score (nSPS) is 18.2. The predicted molar refractivity (Wildman–Crippen MR) is 104 cm³/mol. The maximum Gasteiger partial charge on any atom is 0.250 e. The van der Waals surface area contributed by atoms with Gasteiger partial charge in [-0.2, -0.15) is 0 Å². The van der Waals surface area contributed by atoms with Gasteiger partial charge in [0.05, 0.1) is 10.2 Å². The van der Waals surface area contributed by atoms with Crippen molar-refractivity contribution in [3.8, 4) is 0 Å². The zero-order valence-electron chi connectivity index (χ0n) is 15.0. The number of fused-ring (bicyclic) bond motifs is 3. The van der Waals surface area contributed by atoms with E-state index in [1.165, 1.54) is 30.4 Å². The van der Waals surface area contributed by atoms with Crippen LogP contribution in [0.15, 0.2) is 30.3 Å². The second-order valence-electron chi connectivity index (χ2n) is 6.78. The number of anilines is 1. The van der Waals surface area contributed by atoms with Gasteiger partial charge in [0.25, 0.3) is 0 Å². The highest BCUT2D eigenvalue weighted by Gasteiger charge is 2.33. The van der Waals surface area contributed by atoms with Gasteiger partial charge < -0.3 is 15.1 Å². The number of aromatic nitrogens is 1. The molecule has 1 saturated heterocycles. The smallest absolute Gasteiger partial charge is 0.250 e. The number of carbonyl (C=O) groups excluding carboxylic acids is 2. The Morgan fingerprint density at radius 3 is 2.85 bits per heavy atom. The number of amides is 2. The van der Waals surface area contributed by atoms with Gasteiger partial charge in [-0.3, -0.25) is 9.59 Å². The van der Waals surface area contributed by atoms with Crippen LogP contribution in [0, 0.1) is 5.82 Å². The van der Waals surface area contributed by atoms with Gasteiger partial charge >= 0.3 is 0 Å². The number of hydrogen-bond acceptors (Lipinski definition) is 5. The zero-order valence-corrected chi connectivity index (χ0v) is 15.8. The fraction of sp³-hybridized carbons (Fsp3) is 0.316. The van der Waals surface area contributed by atoms with Crippen LogP contribution in [-0.4, -0.2) is 59.3 Å². The number of hydrogen-bond donors (Lipinski definition) is 1. The Kier molecular flexibility index (Phi) is 4.53. The summed E-state index contributed by atoms with van der Waals surface area (Å²) in [4.78, 5) is 32.8. The highest BCUT2D eigenvalue weighted by Crippen LogP contribution is 2.33. The molecule has 1 aliphatic heterocycles. The van der Waals surface area contributed by atoms with Crippen molar-refractivity contribution in [3.63, 3.8) is 0 Å². The second-order valence-corrected chi connectivity index (χ2v) is 7.78. The number of halogens is 1. The summed E-state index contributed by atoms with van der Waals surface area (Å²) in [6.45, 7) is 3.24. The minimum Gasteiger partial charge on any atom is -0.328 e. The zero-order chi connectivity index (χ0) is 19.1. The minimum atomic E-state index is -0.542. The lowest BCUT2D eigenvalue weighted by Gasteiger charge is -2.38. The summed E-state index contributed by atoms with van der Waals surface area (Å²) < 4.78 is 14.3. The molecule has 2 aromatic carbocycles. The fourth-order valence-electron chi connectivity index (χ4n) is 3.45. The number of piperazine rings is 1. The first-order chi connectivity index (χ1) is 12.9. The number of rotatable bonds is 2. The van der Waals surface area contributed by atoms with Gasteiger partial charge in [-0.15, -0.1) is 0 Å². The van der Waals surface area contributed by atoms with Crippen molar-refractivity contribution in [2.45, 2.75) is 13.0 Å². The summed E-state index contributed by atoms with van der Waals surface area (Å²) in [7, 11) is 1.93. The third-order valence-corrected chi connectivity index (χ3v) is 5.87. The highest BCUT2D eigenvalue weighted by atomic mass is 32.1. The molecule has 0 spiro atoms. The second kappa shape index (κ2) is 6.86. The van der Waals surface area contributed by atoms with Crippen LogP contribution in [0.5, 0.6) is 0 Å². The molecule has 1 aliphatic rings. The Hall–Kier alpha value is -2.58. The number of thiazole rings is 1. The number of nitrogens with one attached hydrogen (secondary N) is 1. The molecule has 0 bridgehead atoms. The van der Waals surface area contributed by atoms with Crippen molar-refractivity contribution in [2.75, 3.05) is 32.0 Å². The van der Waals surface area contributed by atoms with E-state index in [0.717, 1.165) is 27.5 Å². The topological polar surface area (TPSA) is 65.5 Å².